The largest absolute Gasteiger partial charge is 0.352 e. The van der Waals surface area contributed by atoms with Gasteiger partial charge in [0.2, 0.25) is 10.0 Å². The van der Waals surface area contributed by atoms with Crippen molar-refractivity contribution in [3.63, 3.8) is 0 Å². The first-order valence-electron chi connectivity index (χ1n) is 6.20. The Morgan fingerprint density at radius 2 is 2.05 bits per heavy atom. The van der Waals surface area contributed by atoms with Crippen molar-refractivity contribution in [2.24, 2.45) is 11.1 Å². The zero-order valence-corrected chi connectivity index (χ0v) is 13.2. The average molecular weight is 383 g/mol. The lowest BCUT2D eigenvalue weighted by Crippen LogP contribution is -2.33. The Balaban J connectivity index is 2.36. The number of carbonyl (C=O) groups is 1. The molecule has 1 aromatic carbocycles. The van der Waals surface area contributed by atoms with E-state index < -0.39 is 38.0 Å². The molecule has 0 aromatic heterocycles. The molecule has 0 bridgehead atoms. The minimum Gasteiger partial charge on any atom is -0.352 e. The van der Waals surface area contributed by atoms with E-state index in [9.17, 15) is 22.0 Å². The molecule has 0 atom stereocenters. The van der Waals surface area contributed by atoms with E-state index >= 15 is 0 Å². The van der Waals surface area contributed by atoms with E-state index in [-0.39, 0.29) is 4.47 Å². The van der Waals surface area contributed by atoms with Crippen molar-refractivity contribution in [2.45, 2.75) is 24.2 Å². The van der Waals surface area contributed by atoms with Gasteiger partial charge in [0.25, 0.3) is 5.91 Å². The Morgan fingerprint density at radius 1 is 1.43 bits per heavy atom. The SMILES string of the molecule is NS(=O)(=O)c1c(Br)cc(F)c(C(=O)NCC2CCC2)c1F. The molecule has 0 radical (unpaired) electrons. The van der Waals surface area contributed by atoms with Gasteiger partial charge in [-0.25, -0.2) is 22.3 Å². The van der Waals surface area contributed by atoms with E-state index in [1.54, 1.807) is 0 Å². The molecule has 9 heteroatoms. The fourth-order valence-electron chi connectivity index (χ4n) is 2.06. The fourth-order valence-corrected chi connectivity index (χ4v) is 3.80. The fraction of sp³-hybridized carbons (Fsp3) is 0.417. The van der Waals surface area contributed by atoms with Crippen LogP contribution in [-0.2, 0) is 10.0 Å². The van der Waals surface area contributed by atoms with Gasteiger partial charge < -0.3 is 5.32 Å². The highest BCUT2D eigenvalue weighted by Crippen LogP contribution is 2.29. The third-order valence-electron chi connectivity index (χ3n) is 3.42. The van der Waals surface area contributed by atoms with Crippen molar-refractivity contribution >= 4 is 31.9 Å². The summed E-state index contributed by atoms with van der Waals surface area (Å²) in [7, 11) is -4.43. The normalized spacial score (nSPS) is 15.6. The summed E-state index contributed by atoms with van der Waals surface area (Å²) < 4.78 is 50.3. The second-order valence-electron chi connectivity index (χ2n) is 4.91. The molecule has 116 valence electrons. The third kappa shape index (κ3) is 3.41. The maximum absolute atomic E-state index is 14.2. The van der Waals surface area contributed by atoms with Gasteiger partial charge in [0.1, 0.15) is 16.3 Å². The lowest BCUT2D eigenvalue weighted by molar-refractivity contribution is 0.0930. The predicted octanol–water partition coefficient (Wildman–Crippen LogP) is 1.90. The molecule has 3 N–H and O–H groups in total. The summed E-state index contributed by atoms with van der Waals surface area (Å²) >= 11 is 2.73. The Kier molecular flexibility index (Phi) is 4.64. The molecule has 21 heavy (non-hydrogen) atoms. The number of hydrogen-bond acceptors (Lipinski definition) is 3. The summed E-state index contributed by atoms with van der Waals surface area (Å²) in [6.45, 7) is 0.304. The second kappa shape index (κ2) is 5.98. The number of hydrogen-bond donors (Lipinski definition) is 2. The molecule has 0 spiro atoms. The van der Waals surface area contributed by atoms with E-state index in [0.29, 0.717) is 18.5 Å². The molecule has 1 aliphatic rings. The summed E-state index contributed by atoms with van der Waals surface area (Å²) in [5, 5.41) is 7.29. The van der Waals surface area contributed by atoms with Crippen LogP contribution in [0.2, 0.25) is 0 Å². The summed E-state index contributed by atoms with van der Waals surface area (Å²) in [4.78, 5) is 10.9. The van der Waals surface area contributed by atoms with Crippen LogP contribution in [0.4, 0.5) is 8.78 Å². The zero-order valence-electron chi connectivity index (χ0n) is 10.8. The highest BCUT2D eigenvalue weighted by atomic mass is 79.9. The highest BCUT2D eigenvalue weighted by molar-refractivity contribution is 9.10. The molecule has 0 unspecified atom stereocenters. The monoisotopic (exact) mass is 382 g/mol. The summed E-state index contributed by atoms with van der Waals surface area (Å²) in [6, 6.07) is 0.709. The second-order valence-corrected chi connectivity index (χ2v) is 7.26. The van der Waals surface area contributed by atoms with Crippen LogP contribution >= 0.6 is 15.9 Å². The van der Waals surface area contributed by atoms with Crippen molar-refractivity contribution in [1.29, 1.82) is 0 Å². The highest BCUT2D eigenvalue weighted by Gasteiger charge is 2.29. The van der Waals surface area contributed by atoms with Crippen molar-refractivity contribution in [3.05, 3.63) is 27.7 Å². The molecule has 0 saturated heterocycles. The van der Waals surface area contributed by atoms with Crippen LogP contribution in [0.1, 0.15) is 29.6 Å². The van der Waals surface area contributed by atoms with Crippen LogP contribution in [0, 0.1) is 17.6 Å². The smallest absolute Gasteiger partial charge is 0.257 e. The first kappa shape index (κ1) is 16.3. The molecule has 0 heterocycles. The summed E-state index contributed by atoms with van der Waals surface area (Å²) in [6.07, 6.45) is 2.97. The lowest BCUT2D eigenvalue weighted by Gasteiger charge is -2.25. The van der Waals surface area contributed by atoms with Crippen LogP contribution in [-0.4, -0.2) is 20.9 Å². The Labute approximate surface area is 129 Å². The van der Waals surface area contributed by atoms with Crippen molar-refractivity contribution in [1.82, 2.24) is 5.32 Å². The number of amides is 1. The first-order chi connectivity index (χ1) is 9.71. The molecule has 2 rings (SSSR count). The van der Waals surface area contributed by atoms with Crippen LogP contribution in [0.15, 0.2) is 15.4 Å². The van der Waals surface area contributed by atoms with Crippen LogP contribution < -0.4 is 10.5 Å². The number of sulfonamides is 1. The van der Waals surface area contributed by atoms with Gasteiger partial charge in [0.05, 0.1) is 0 Å². The van der Waals surface area contributed by atoms with Gasteiger partial charge in [-0.3, -0.25) is 4.79 Å². The molecule has 1 amide bonds. The van der Waals surface area contributed by atoms with Gasteiger partial charge in [0.15, 0.2) is 5.82 Å². The predicted molar refractivity (Wildman–Crippen MR) is 75.1 cm³/mol. The number of nitrogens with one attached hydrogen (secondary N) is 1. The van der Waals surface area contributed by atoms with Gasteiger partial charge in [-0.2, -0.15) is 0 Å². The van der Waals surface area contributed by atoms with E-state index in [4.69, 9.17) is 5.14 Å². The lowest BCUT2D eigenvalue weighted by atomic mass is 9.85. The van der Waals surface area contributed by atoms with Crippen LogP contribution in [0.5, 0.6) is 0 Å². The van der Waals surface area contributed by atoms with Gasteiger partial charge in [-0.1, -0.05) is 6.42 Å². The summed E-state index contributed by atoms with van der Waals surface area (Å²) in [5.41, 5.74) is -0.943. The molecular weight excluding hydrogens is 370 g/mol. The molecule has 5 nitrogen and oxygen atoms in total. The molecule has 1 fully saturated rings. The van der Waals surface area contributed by atoms with Gasteiger partial charge >= 0.3 is 0 Å². The van der Waals surface area contributed by atoms with Gasteiger partial charge in [-0.05, 0) is 40.8 Å². The standard InChI is InChI=1S/C12H13BrF2N2O3S/c13-7-4-8(14)9(10(15)11(7)21(16,19)20)12(18)17-5-6-2-1-3-6/h4,6H,1-3,5H2,(H,17,18)(H2,16,19,20). The Hall–Kier alpha value is -1.06. The van der Waals surface area contributed by atoms with Crippen molar-refractivity contribution < 1.29 is 22.0 Å². The topological polar surface area (TPSA) is 89.3 Å². The van der Waals surface area contributed by atoms with E-state index in [0.717, 1.165) is 19.3 Å². The minimum absolute atomic E-state index is 0.299. The van der Waals surface area contributed by atoms with Crippen molar-refractivity contribution in [2.75, 3.05) is 6.54 Å². The van der Waals surface area contributed by atoms with Gasteiger partial charge in [0, 0.05) is 11.0 Å². The third-order valence-corrected chi connectivity index (χ3v) is 5.27. The number of benzene rings is 1. The first-order valence-corrected chi connectivity index (χ1v) is 8.54. The molecule has 1 aliphatic carbocycles. The van der Waals surface area contributed by atoms with Crippen LogP contribution in [0.3, 0.4) is 0 Å². The number of primary sulfonamides is 1. The van der Waals surface area contributed by atoms with E-state index in [1.807, 2.05) is 0 Å². The van der Waals surface area contributed by atoms with E-state index in [2.05, 4.69) is 21.2 Å². The molecule has 0 aliphatic heterocycles. The average Bonchev–Trinajstić information content (AvgIpc) is 2.23. The molecular formula is C12H13BrF2N2O3S. The minimum atomic E-state index is -4.43. The number of nitrogens with two attached hydrogens (primary N) is 1. The molecule has 1 aromatic rings. The van der Waals surface area contributed by atoms with E-state index in [1.165, 1.54) is 0 Å². The van der Waals surface area contributed by atoms with Crippen LogP contribution in [0.25, 0.3) is 0 Å². The zero-order chi connectivity index (χ0) is 15.8. The number of carbonyl (C=O) groups excluding carboxylic acids is 1. The number of rotatable bonds is 4. The van der Waals surface area contributed by atoms with Crippen molar-refractivity contribution in [3.8, 4) is 0 Å². The Morgan fingerprint density at radius 3 is 2.52 bits per heavy atom. The van der Waals surface area contributed by atoms with Gasteiger partial charge in [-0.15, -0.1) is 0 Å². The maximum atomic E-state index is 14.2. The maximum Gasteiger partial charge on any atom is 0.257 e. The quantitative estimate of drug-likeness (QED) is 0.833. The number of halogens is 3. The summed E-state index contributed by atoms with van der Waals surface area (Å²) in [5.74, 6) is -3.34. The molecule has 1 saturated carbocycles. The Bertz CT molecular complexity index is 690.